The van der Waals surface area contributed by atoms with Crippen LogP contribution >= 0.6 is 0 Å². The molecule has 0 radical (unpaired) electrons. The van der Waals surface area contributed by atoms with Gasteiger partial charge in [0.15, 0.2) is 0 Å². The van der Waals surface area contributed by atoms with E-state index in [-0.39, 0.29) is 23.9 Å². The van der Waals surface area contributed by atoms with Crippen LogP contribution in [0.2, 0.25) is 0 Å². The lowest BCUT2D eigenvalue weighted by Crippen LogP contribution is -2.39. The molecule has 3 aliphatic heterocycles. The summed E-state index contributed by atoms with van der Waals surface area (Å²) in [5.41, 5.74) is 11.8. The van der Waals surface area contributed by atoms with Crippen LogP contribution in [0.4, 0.5) is 11.4 Å². The second kappa shape index (κ2) is 13.3. The van der Waals surface area contributed by atoms with Gasteiger partial charge in [-0.3, -0.25) is 18.9 Å². The van der Waals surface area contributed by atoms with Crippen LogP contribution in [-0.4, -0.2) is 68.9 Å². The molecule has 0 aromatic heterocycles. The minimum absolute atomic E-state index is 0.106. The molecule has 51 heavy (non-hydrogen) atoms. The Bertz CT molecular complexity index is 2170. The maximum Gasteiger partial charge on any atom is 0.303 e. The molecule has 0 amide bonds. The number of hydrogen-bond donors (Lipinski definition) is 3. The highest BCUT2D eigenvalue weighted by Gasteiger charge is 2.42. The maximum absolute atomic E-state index is 12.4. The first-order valence-electron chi connectivity index (χ1n) is 17.9. The van der Waals surface area contributed by atoms with Crippen LogP contribution in [0.15, 0.2) is 51.2 Å². The molecule has 0 saturated heterocycles. The summed E-state index contributed by atoms with van der Waals surface area (Å²) in [6.07, 6.45) is 8.23. The number of nitrogens with zero attached hydrogens (tertiary/aromatic N) is 3. The molecule has 1 aliphatic carbocycles. The van der Waals surface area contributed by atoms with Gasteiger partial charge >= 0.3 is 5.97 Å². The summed E-state index contributed by atoms with van der Waals surface area (Å²) in [7, 11) is -9.49. The van der Waals surface area contributed by atoms with E-state index in [4.69, 9.17) is 10.1 Å². The molecule has 0 bridgehead atoms. The zero-order valence-electron chi connectivity index (χ0n) is 29.1. The van der Waals surface area contributed by atoms with Crippen molar-refractivity contribution in [2.45, 2.75) is 99.8 Å². The molecule has 272 valence electrons. The van der Waals surface area contributed by atoms with E-state index in [0.717, 1.165) is 105 Å². The smallest absolute Gasteiger partial charge is 0.303 e. The quantitative estimate of drug-likeness (QED) is 0.167. The van der Waals surface area contributed by atoms with Crippen LogP contribution in [0.3, 0.4) is 0 Å². The number of carboxylic acid groups (broad SMARTS) is 1. The second-order valence-corrected chi connectivity index (χ2v) is 17.6. The Morgan fingerprint density at radius 1 is 0.843 bits per heavy atom. The first-order valence-corrected chi connectivity index (χ1v) is 20.7. The summed E-state index contributed by atoms with van der Waals surface area (Å²) >= 11 is 0. The van der Waals surface area contributed by atoms with E-state index in [9.17, 15) is 30.7 Å². The van der Waals surface area contributed by atoms with Gasteiger partial charge < -0.3 is 14.9 Å². The molecule has 7 rings (SSSR count). The molecular weight excluding hydrogens is 691 g/mol. The molecule has 13 heteroatoms. The largest absolute Gasteiger partial charge is 0.481 e. The first kappa shape index (κ1) is 35.6. The Kier molecular flexibility index (Phi) is 9.31. The fourth-order valence-electron chi connectivity index (χ4n) is 8.82. The Balaban J connectivity index is 1.34. The highest BCUT2D eigenvalue weighted by atomic mass is 32.2. The van der Waals surface area contributed by atoms with E-state index in [0.29, 0.717) is 19.5 Å². The predicted octanol–water partition coefficient (Wildman–Crippen LogP) is 5.95. The van der Waals surface area contributed by atoms with Crippen LogP contribution in [0.5, 0.6) is 0 Å². The third kappa shape index (κ3) is 6.69. The Morgan fingerprint density at radius 3 is 2.27 bits per heavy atom. The normalized spacial score (nSPS) is 18.5. The number of hydrogen-bond acceptors (Lipinski definition) is 8. The van der Waals surface area contributed by atoms with Crippen molar-refractivity contribution in [3.8, 4) is 0 Å². The molecule has 0 atom stereocenters. The van der Waals surface area contributed by atoms with Gasteiger partial charge in [0.1, 0.15) is 4.90 Å². The van der Waals surface area contributed by atoms with E-state index in [2.05, 4.69) is 41.8 Å². The van der Waals surface area contributed by atoms with Crippen LogP contribution < -0.4 is 9.80 Å². The number of aryl methyl sites for hydroxylation is 2. The van der Waals surface area contributed by atoms with Crippen molar-refractivity contribution < 1.29 is 35.8 Å². The average molecular weight is 736 g/mol. The molecule has 3 aromatic rings. The van der Waals surface area contributed by atoms with Gasteiger partial charge in [0.25, 0.3) is 20.2 Å². The average Bonchev–Trinajstić information content (AvgIpc) is 3.06. The fraction of sp³-hybridized carbons (Fsp3) is 0.474. The second-order valence-electron chi connectivity index (χ2n) is 14.8. The van der Waals surface area contributed by atoms with E-state index in [1.54, 1.807) is 0 Å². The lowest BCUT2D eigenvalue weighted by molar-refractivity contribution is -0.137. The summed E-state index contributed by atoms with van der Waals surface area (Å²) < 4.78 is 68.1. The number of anilines is 2. The predicted molar refractivity (Wildman–Crippen MR) is 196 cm³/mol. The molecule has 3 heterocycles. The summed E-state index contributed by atoms with van der Waals surface area (Å²) in [6, 6.07) is 10.1. The van der Waals surface area contributed by atoms with Crippen molar-refractivity contribution in [2.75, 3.05) is 36.0 Å². The third-order valence-corrected chi connectivity index (χ3v) is 12.8. The van der Waals surface area contributed by atoms with Gasteiger partial charge in [0, 0.05) is 67.1 Å². The van der Waals surface area contributed by atoms with Gasteiger partial charge in [0.05, 0.1) is 10.6 Å². The lowest BCUT2D eigenvalue weighted by Gasteiger charge is -2.45. The van der Waals surface area contributed by atoms with Crippen LogP contribution in [0, 0.1) is 0 Å². The zero-order valence-corrected chi connectivity index (χ0v) is 30.7. The molecule has 0 spiro atoms. The zero-order chi connectivity index (χ0) is 36.3. The topological polar surface area (TPSA) is 165 Å². The van der Waals surface area contributed by atoms with E-state index < -0.39 is 36.0 Å². The molecule has 11 nitrogen and oxygen atoms in total. The number of unbranched alkanes of at least 4 members (excludes halogenated alkanes) is 2. The van der Waals surface area contributed by atoms with Gasteiger partial charge in [-0.1, -0.05) is 26.3 Å². The van der Waals surface area contributed by atoms with Crippen LogP contribution in [0.25, 0.3) is 0 Å². The SMILES string of the molecule is CC1(C)c2cc3c(cc2C(=NCCCCCC(=O)O)c2cc4c5c(c21)CCCN5CCC4)CCCN3Cc1ccc(S(=O)(=O)O)cc1S(=O)(=O)O. The minimum Gasteiger partial charge on any atom is -0.481 e. The number of aliphatic imine (C=N–C) groups is 1. The van der Waals surface area contributed by atoms with Crippen molar-refractivity contribution in [1.82, 2.24) is 0 Å². The number of carbonyl (C=O) groups is 1. The number of carboxylic acids is 1. The van der Waals surface area contributed by atoms with Crippen LogP contribution in [-0.2, 0) is 56.3 Å². The number of aliphatic carboxylic acids is 1. The number of fused-ring (bicyclic) bond motifs is 4. The molecular formula is C38H45N3O8S2. The third-order valence-electron chi connectivity index (χ3n) is 11.1. The number of benzene rings is 3. The van der Waals surface area contributed by atoms with Gasteiger partial charge in [0.2, 0.25) is 0 Å². The summed E-state index contributed by atoms with van der Waals surface area (Å²) in [5, 5.41) is 9.10. The fourth-order valence-corrected chi connectivity index (χ4v) is 10.1. The van der Waals surface area contributed by atoms with Crippen LogP contribution in [0.1, 0.15) is 103 Å². The molecule has 3 N–H and O–H groups in total. The van der Waals surface area contributed by atoms with E-state index in [1.165, 1.54) is 34.0 Å². The highest BCUT2D eigenvalue weighted by molar-refractivity contribution is 7.86. The molecule has 0 unspecified atom stereocenters. The van der Waals surface area contributed by atoms with Crippen molar-refractivity contribution >= 4 is 43.3 Å². The standard InChI is InChI=1S/C38H45N3O8S2/c1-38(2)31-22-32-24(9-6-18-41(32)23-26-13-14-27(50(44,45)46)21-33(26)51(47,48)49)19-29(31)36(39-15-5-3-4-12-34(42)43)30-20-25-10-7-16-40-17-8-11-28(35(30)38)37(25)40/h13-14,19-22H,3-12,15-18,23H2,1-2H3,(H,42,43)(H,44,45,46)(H,47,48,49). The van der Waals surface area contributed by atoms with E-state index in [1.807, 2.05) is 0 Å². The van der Waals surface area contributed by atoms with Gasteiger partial charge in [-0.25, -0.2) is 0 Å². The van der Waals surface area contributed by atoms with Crippen molar-refractivity contribution in [2.24, 2.45) is 4.99 Å². The minimum atomic E-state index is -4.80. The van der Waals surface area contributed by atoms with Gasteiger partial charge in [-0.2, -0.15) is 16.8 Å². The Morgan fingerprint density at radius 2 is 1.55 bits per heavy atom. The van der Waals surface area contributed by atoms with E-state index >= 15 is 0 Å². The highest BCUT2D eigenvalue weighted by Crippen LogP contribution is 2.51. The maximum atomic E-state index is 12.4. The van der Waals surface area contributed by atoms with Crippen molar-refractivity contribution in [1.29, 1.82) is 0 Å². The molecule has 0 saturated carbocycles. The summed E-state index contributed by atoms with van der Waals surface area (Å²) in [5.74, 6) is -0.783. The summed E-state index contributed by atoms with van der Waals surface area (Å²) in [6.45, 7) is 8.00. The number of rotatable bonds is 10. The lowest BCUT2D eigenvalue weighted by atomic mass is 9.64. The van der Waals surface area contributed by atoms with Gasteiger partial charge in [-0.15, -0.1) is 0 Å². The molecule has 0 fully saturated rings. The first-order chi connectivity index (χ1) is 24.1. The Hall–Kier alpha value is -3.78. The summed E-state index contributed by atoms with van der Waals surface area (Å²) in [4.78, 5) is 19.8. The Labute approximate surface area is 299 Å². The van der Waals surface area contributed by atoms with Crippen molar-refractivity contribution in [3.63, 3.8) is 0 Å². The molecule has 4 aliphatic rings. The molecule has 3 aromatic carbocycles. The van der Waals surface area contributed by atoms with Crippen molar-refractivity contribution in [3.05, 3.63) is 80.9 Å². The monoisotopic (exact) mass is 735 g/mol. The van der Waals surface area contributed by atoms with Gasteiger partial charge in [-0.05, 0) is 115 Å².